The number of urea groups is 1. The number of alkyl halides is 3. The third kappa shape index (κ3) is 7.23. The average molecular weight is 334 g/mol. The molecule has 130 valence electrons. The molecule has 8 heteroatoms. The number of ether oxygens (including phenoxy) is 1. The summed E-state index contributed by atoms with van der Waals surface area (Å²) < 4.78 is 40.7. The predicted octanol–water partition coefficient (Wildman–Crippen LogP) is 3.30. The van der Waals surface area contributed by atoms with Crippen LogP contribution in [0, 0.1) is 0 Å². The first-order chi connectivity index (χ1) is 10.7. The summed E-state index contributed by atoms with van der Waals surface area (Å²) in [6.45, 7) is 2.30. The third-order valence-corrected chi connectivity index (χ3v) is 3.37. The molecule has 0 spiro atoms. The Bertz CT molecular complexity index is 506. The van der Waals surface area contributed by atoms with E-state index in [4.69, 9.17) is 5.11 Å². The second kappa shape index (κ2) is 8.05. The monoisotopic (exact) mass is 334 g/mol. The number of aliphatic hydroxyl groups excluding tert-OH is 1. The quantitative estimate of drug-likeness (QED) is 0.716. The normalized spacial score (nSPS) is 14.0. The van der Waals surface area contributed by atoms with E-state index in [1.54, 1.807) is 0 Å². The molecule has 0 fully saturated rings. The van der Waals surface area contributed by atoms with Crippen LogP contribution in [0.5, 0.6) is 5.75 Å². The molecule has 0 aliphatic heterocycles. The van der Waals surface area contributed by atoms with E-state index in [0.717, 1.165) is 0 Å². The molecule has 0 heterocycles. The Morgan fingerprint density at radius 1 is 1.26 bits per heavy atom. The number of aliphatic hydroxyl groups is 1. The van der Waals surface area contributed by atoms with Gasteiger partial charge in [-0.2, -0.15) is 13.2 Å². The van der Waals surface area contributed by atoms with Gasteiger partial charge in [0.2, 0.25) is 0 Å². The Hall–Kier alpha value is -1.96. The maximum absolute atomic E-state index is 12.0. The second-order valence-corrected chi connectivity index (χ2v) is 5.40. The molecule has 1 aromatic carbocycles. The SMILES string of the molecule is CCC(C)(CCO)NC(=O)Nc1ccc(OCC(F)(F)F)cc1. The number of anilines is 1. The number of rotatable bonds is 7. The first-order valence-electron chi connectivity index (χ1n) is 7.17. The number of halogens is 3. The van der Waals surface area contributed by atoms with Crippen molar-refractivity contribution in [1.29, 1.82) is 0 Å². The standard InChI is InChI=1S/C15H21F3N2O3/c1-3-14(2,8-9-21)20-13(22)19-11-4-6-12(7-5-11)23-10-15(16,17)18/h4-7,21H,3,8-10H2,1-2H3,(H2,19,20,22). The van der Waals surface area contributed by atoms with Crippen molar-refractivity contribution in [1.82, 2.24) is 5.32 Å². The minimum Gasteiger partial charge on any atom is -0.484 e. The zero-order valence-electron chi connectivity index (χ0n) is 13.0. The first kappa shape index (κ1) is 19.1. The molecule has 2 amide bonds. The van der Waals surface area contributed by atoms with Crippen molar-refractivity contribution < 1.29 is 27.8 Å². The lowest BCUT2D eigenvalue weighted by Crippen LogP contribution is -2.48. The van der Waals surface area contributed by atoms with Crippen LogP contribution >= 0.6 is 0 Å². The largest absolute Gasteiger partial charge is 0.484 e. The molecule has 0 bridgehead atoms. The number of nitrogens with one attached hydrogen (secondary N) is 2. The molecule has 1 unspecified atom stereocenters. The molecule has 23 heavy (non-hydrogen) atoms. The van der Waals surface area contributed by atoms with Gasteiger partial charge in [-0.25, -0.2) is 4.79 Å². The van der Waals surface area contributed by atoms with Gasteiger partial charge in [0.05, 0.1) is 0 Å². The van der Waals surface area contributed by atoms with Crippen LogP contribution in [0.2, 0.25) is 0 Å². The molecule has 3 N–H and O–H groups in total. The first-order valence-corrected chi connectivity index (χ1v) is 7.17. The summed E-state index contributed by atoms with van der Waals surface area (Å²) in [5.74, 6) is 0.0620. The molecular weight excluding hydrogens is 313 g/mol. The van der Waals surface area contributed by atoms with E-state index in [9.17, 15) is 18.0 Å². The van der Waals surface area contributed by atoms with Crippen LogP contribution in [0.3, 0.4) is 0 Å². The van der Waals surface area contributed by atoms with E-state index in [-0.39, 0.29) is 12.4 Å². The molecule has 5 nitrogen and oxygen atoms in total. The van der Waals surface area contributed by atoms with Crippen molar-refractivity contribution in [2.45, 2.75) is 38.4 Å². The van der Waals surface area contributed by atoms with Crippen molar-refractivity contribution >= 4 is 11.7 Å². The van der Waals surface area contributed by atoms with Gasteiger partial charge in [-0.3, -0.25) is 0 Å². The van der Waals surface area contributed by atoms with Crippen LogP contribution in [-0.2, 0) is 0 Å². The van der Waals surface area contributed by atoms with Gasteiger partial charge in [0.15, 0.2) is 6.61 Å². The minimum absolute atomic E-state index is 0.0458. The summed E-state index contributed by atoms with van der Waals surface area (Å²) in [4.78, 5) is 11.9. The van der Waals surface area contributed by atoms with Crippen LogP contribution < -0.4 is 15.4 Å². The fraction of sp³-hybridized carbons (Fsp3) is 0.533. The Morgan fingerprint density at radius 2 is 1.87 bits per heavy atom. The molecule has 1 rings (SSSR count). The van der Waals surface area contributed by atoms with Crippen LogP contribution in [0.4, 0.5) is 23.7 Å². The highest BCUT2D eigenvalue weighted by Gasteiger charge is 2.28. The lowest BCUT2D eigenvalue weighted by atomic mass is 9.95. The highest BCUT2D eigenvalue weighted by molar-refractivity contribution is 5.89. The molecule has 1 aromatic rings. The molecule has 0 aromatic heterocycles. The molecule has 0 radical (unpaired) electrons. The van der Waals surface area contributed by atoms with E-state index in [0.29, 0.717) is 18.5 Å². The highest BCUT2D eigenvalue weighted by Crippen LogP contribution is 2.20. The van der Waals surface area contributed by atoms with Gasteiger partial charge >= 0.3 is 12.2 Å². The number of carbonyl (C=O) groups excluding carboxylic acids is 1. The van der Waals surface area contributed by atoms with Gasteiger partial charge in [0.25, 0.3) is 0 Å². The van der Waals surface area contributed by atoms with Gasteiger partial charge in [-0.15, -0.1) is 0 Å². The van der Waals surface area contributed by atoms with E-state index < -0.39 is 24.4 Å². The van der Waals surface area contributed by atoms with Crippen LogP contribution in [0.25, 0.3) is 0 Å². The second-order valence-electron chi connectivity index (χ2n) is 5.40. The number of hydrogen-bond acceptors (Lipinski definition) is 3. The summed E-state index contributed by atoms with van der Waals surface area (Å²) in [7, 11) is 0. The van der Waals surface area contributed by atoms with Gasteiger partial charge < -0.3 is 20.5 Å². The molecule has 0 aliphatic carbocycles. The van der Waals surface area contributed by atoms with E-state index >= 15 is 0 Å². The zero-order valence-corrected chi connectivity index (χ0v) is 13.0. The number of hydrogen-bond donors (Lipinski definition) is 3. The van der Waals surface area contributed by atoms with Crippen molar-refractivity contribution in [3.8, 4) is 5.75 Å². The van der Waals surface area contributed by atoms with Crippen LogP contribution in [-0.4, -0.2) is 36.1 Å². The number of benzene rings is 1. The third-order valence-electron chi connectivity index (χ3n) is 3.37. The maximum Gasteiger partial charge on any atom is 0.422 e. The summed E-state index contributed by atoms with van der Waals surface area (Å²) in [6, 6.07) is 5.12. The summed E-state index contributed by atoms with van der Waals surface area (Å²) in [5.41, 5.74) is -0.112. The Labute approximate surface area is 132 Å². The maximum atomic E-state index is 12.0. The van der Waals surface area contributed by atoms with Crippen molar-refractivity contribution in [3.63, 3.8) is 0 Å². The van der Waals surface area contributed by atoms with Crippen LogP contribution in [0.15, 0.2) is 24.3 Å². The number of amides is 2. The fourth-order valence-electron chi connectivity index (χ4n) is 1.81. The topological polar surface area (TPSA) is 70.6 Å². The van der Waals surface area contributed by atoms with E-state index in [1.807, 2.05) is 13.8 Å². The molecular formula is C15H21F3N2O3. The molecule has 0 aliphatic rings. The smallest absolute Gasteiger partial charge is 0.422 e. The molecule has 0 saturated carbocycles. The van der Waals surface area contributed by atoms with E-state index in [2.05, 4.69) is 15.4 Å². The highest BCUT2D eigenvalue weighted by atomic mass is 19.4. The zero-order chi connectivity index (χ0) is 17.5. The Kier molecular flexibility index (Phi) is 6.68. The van der Waals surface area contributed by atoms with Crippen molar-refractivity contribution in [3.05, 3.63) is 24.3 Å². The summed E-state index contributed by atoms with van der Waals surface area (Å²) in [6.07, 6.45) is -3.33. The average Bonchev–Trinajstić information content (AvgIpc) is 2.46. The summed E-state index contributed by atoms with van der Waals surface area (Å²) >= 11 is 0. The Morgan fingerprint density at radius 3 is 2.35 bits per heavy atom. The van der Waals surface area contributed by atoms with Crippen LogP contribution in [0.1, 0.15) is 26.7 Å². The van der Waals surface area contributed by atoms with Gasteiger partial charge in [-0.05, 0) is 44.0 Å². The van der Waals surface area contributed by atoms with Crippen molar-refractivity contribution in [2.75, 3.05) is 18.5 Å². The van der Waals surface area contributed by atoms with Crippen molar-refractivity contribution in [2.24, 2.45) is 0 Å². The van der Waals surface area contributed by atoms with E-state index in [1.165, 1.54) is 24.3 Å². The lowest BCUT2D eigenvalue weighted by molar-refractivity contribution is -0.153. The van der Waals surface area contributed by atoms with Gasteiger partial charge in [-0.1, -0.05) is 6.92 Å². The Balaban J connectivity index is 2.56. The van der Waals surface area contributed by atoms with Gasteiger partial charge in [0, 0.05) is 17.8 Å². The lowest BCUT2D eigenvalue weighted by Gasteiger charge is -2.29. The fourth-order valence-corrected chi connectivity index (χ4v) is 1.81. The minimum atomic E-state index is -4.39. The molecule has 1 atom stereocenters. The number of carbonyl (C=O) groups is 1. The molecule has 0 saturated heterocycles. The summed E-state index contributed by atoms with van der Waals surface area (Å²) in [5, 5.41) is 14.4. The predicted molar refractivity (Wildman–Crippen MR) is 80.5 cm³/mol. The van der Waals surface area contributed by atoms with Gasteiger partial charge in [0.1, 0.15) is 5.75 Å².